The molecule has 0 aliphatic heterocycles. The summed E-state index contributed by atoms with van der Waals surface area (Å²) in [5.41, 5.74) is 5.87. The van der Waals surface area contributed by atoms with Crippen molar-refractivity contribution in [1.29, 1.82) is 0 Å². The lowest BCUT2D eigenvalue weighted by molar-refractivity contribution is 0.0603. The molecule has 0 aliphatic rings. The Morgan fingerprint density at radius 2 is 2.53 bits per heavy atom. The SMILES string of the molecule is C=CCCNc1snc(N)c1C(=O)OC. The van der Waals surface area contributed by atoms with E-state index in [4.69, 9.17) is 5.73 Å². The zero-order valence-corrected chi connectivity index (χ0v) is 9.26. The van der Waals surface area contributed by atoms with Gasteiger partial charge in [-0.3, -0.25) is 0 Å². The van der Waals surface area contributed by atoms with Gasteiger partial charge in [0.25, 0.3) is 0 Å². The van der Waals surface area contributed by atoms with E-state index in [2.05, 4.69) is 21.0 Å². The summed E-state index contributed by atoms with van der Waals surface area (Å²) >= 11 is 1.15. The molecule has 15 heavy (non-hydrogen) atoms. The summed E-state index contributed by atoms with van der Waals surface area (Å²) in [6.45, 7) is 4.29. The molecule has 0 unspecified atom stereocenters. The number of ether oxygens (including phenoxy) is 1. The molecule has 0 aliphatic carbocycles. The van der Waals surface area contributed by atoms with E-state index in [1.807, 2.05) is 0 Å². The summed E-state index contributed by atoms with van der Waals surface area (Å²) in [5, 5.41) is 3.69. The number of carbonyl (C=O) groups is 1. The van der Waals surface area contributed by atoms with Gasteiger partial charge in [0.15, 0.2) is 5.82 Å². The number of nitrogen functional groups attached to an aromatic ring is 1. The molecule has 3 N–H and O–H groups in total. The third-order valence-electron chi connectivity index (χ3n) is 1.74. The highest BCUT2D eigenvalue weighted by Crippen LogP contribution is 2.27. The number of nitrogens with one attached hydrogen (secondary N) is 1. The van der Waals surface area contributed by atoms with E-state index in [1.165, 1.54) is 7.11 Å². The van der Waals surface area contributed by atoms with Crippen molar-refractivity contribution in [2.45, 2.75) is 6.42 Å². The topological polar surface area (TPSA) is 77.2 Å². The van der Waals surface area contributed by atoms with Gasteiger partial charge in [-0.15, -0.1) is 6.58 Å². The van der Waals surface area contributed by atoms with E-state index < -0.39 is 5.97 Å². The van der Waals surface area contributed by atoms with E-state index in [1.54, 1.807) is 6.08 Å². The highest BCUT2D eigenvalue weighted by Gasteiger charge is 2.19. The zero-order valence-electron chi connectivity index (χ0n) is 8.45. The van der Waals surface area contributed by atoms with Crippen LogP contribution in [0.3, 0.4) is 0 Å². The Hall–Kier alpha value is -1.56. The molecule has 1 heterocycles. The summed E-state index contributed by atoms with van der Waals surface area (Å²) in [6.07, 6.45) is 2.59. The van der Waals surface area contributed by atoms with Crippen molar-refractivity contribution in [2.75, 3.05) is 24.7 Å². The molecule has 0 saturated heterocycles. The predicted molar refractivity (Wildman–Crippen MR) is 61.2 cm³/mol. The first-order valence-corrected chi connectivity index (χ1v) is 5.16. The highest BCUT2D eigenvalue weighted by atomic mass is 32.1. The fourth-order valence-electron chi connectivity index (χ4n) is 1.01. The number of esters is 1. The molecule has 1 rings (SSSR count). The van der Waals surface area contributed by atoms with Crippen molar-refractivity contribution in [3.8, 4) is 0 Å². The van der Waals surface area contributed by atoms with Crippen LogP contribution in [0, 0.1) is 0 Å². The number of hydrogen-bond donors (Lipinski definition) is 2. The summed E-state index contributed by atoms with van der Waals surface area (Å²) in [6, 6.07) is 0. The van der Waals surface area contributed by atoms with Crippen LogP contribution in [-0.2, 0) is 4.74 Å². The number of hydrogen-bond acceptors (Lipinski definition) is 6. The molecule has 0 spiro atoms. The fraction of sp³-hybridized carbons (Fsp3) is 0.333. The van der Waals surface area contributed by atoms with Gasteiger partial charge in [-0.2, -0.15) is 4.37 Å². The Bertz CT molecular complexity index is 362. The lowest BCUT2D eigenvalue weighted by Crippen LogP contribution is -2.08. The molecule has 0 saturated carbocycles. The molecule has 0 fully saturated rings. The minimum Gasteiger partial charge on any atom is -0.465 e. The summed E-state index contributed by atoms with van der Waals surface area (Å²) in [7, 11) is 1.31. The average Bonchev–Trinajstić information content (AvgIpc) is 2.59. The van der Waals surface area contributed by atoms with Crippen LogP contribution in [0.15, 0.2) is 12.7 Å². The van der Waals surface area contributed by atoms with E-state index in [0.717, 1.165) is 18.0 Å². The van der Waals surface area contributed by atoms with Crippen molar-refractivity contribution in [3.05, 3.63) is 18.2 Å². The van der Waals surface area contributed by atoms with Gasteiger partial charge in [0.1, 0.15) is 10.6 Å². The van der Waals surface area contributed by atoms with Crippen LogP contribution in [0.1, 0.15) is 16.8 Å². The maximum atomic E-state index is 11.4. The number of aromatic nitrogens is 1. The second kappa shape index (κ2) is 5.35. The van der Waals surface area contributed by atoms with Gasteiger partial charge in [-0.1, -0.05) is 6.08 Å². The average molecular weight is 227 g/mol. The molecular formula is C9H13N3O2S. The van der Waals surface area contributed by atoms with Gasteiger partial charge in [-0.25, -0.2) is 4.79 Å². The molecule has 0 amide bonds. The van der Waals surface area contributed by atoms with Crippen LogP contribution >= 0.6 is 11.5 Å². The summed E-state index contributed by atoms with van der Waals surface area (Å²) < 4.78 is 8.50. The highest BCUT2D eigenvalue weighted by molar-refractivity contribution is 7.11. The Balaban J connectivity index is 2.79. The Morgan fingerprint density at radius 1 is 1.80 bits per heavy atom. The Kier molecular flexibility index (Phi) is 4.11. The standard InChI is InChI=1S/C9H13N3O2S/c1-3-4-5-11-8-6(9(13)14-2)7(10)12-15-8/h3,11H,1,4-5H2,2H3,(H2,10,12). The van der Waals surface area contributed by atoms with E-state index >= 15 is 0 Å². The van der Waals surface area contributed by atoms with Gasteiger partial charge in [-0.05, 0) is 18.0 Å². The first-order chi connectivity index (χ1) is 7.20. The second-order valence-electron chi connectivity index (χ2n) is 2.77. The minimum atomic E-state index is -0.470. The predicted octanol–water partition coefficient (Wildman–Crippen LogP) is 1.50. The van der Waals surface area contributed by atoms with Crippen LogP contribution in [0.4, 0.5) is 10.8 Å². The van der Waals surface area contributed by atoms with Gasteiger partial charge in [0, 0.05) is 6.54 Å². The van der Waals surface area contributed by atoms with Crippen LogP contribution in [0.25, 0.3) is 0 Å². The van der Waals surface area contributed by atoms with Crippen molar-refractivity contribution < 1.29 is 9.53 Å². The number of methoxy groups -OCH3 is 1. The molecule has 1 aromatic heterocycles. The first kappa shape index (κ1) is 11.5. The third kappa shape index (κ3) is 2.69. The zero-order chi connectivity index (χ0) is 11.3. The van der Waals surface area contributed by atoms with E-state index in [-0.39, 0.29) is 5.82 Å². The molecule has 1 aromatic rings. The number of nitrogens with two attached hydrogens (primary N) is 1. The van der Waals surface area contributed by atoms with Crippen LogP contribution < -0.4 is 11.1 Å². The summed E-state index contributed by atoms with van der Waals surface area (Å²) in [5.74, 6) is -0.268. The third-order valence-corrected chi connectivity index (χ3v) is 2.56. The van der Waals surface area contributed by atoms with Crippen molar-refractivity contribution in [1.82, 2.24) is 4.37 Å². The quantitative estimate of drug-likeness (QED) is 0.453. The maximum absolute atomic E-state index is 11.4. The van der Waals surface area contributed by atoms with Crippen molar-refractivity contribution in [3.63, 3.8) is 0 Å². The molecular weight excluding hydrogens is 214 g/mol. The van der Waals surface area contributed by atoms with E-state index in [0.29, 0.717) is 17.1 Å². The molecule has 82 valence electrons. The molecule has 5 nitrogen and oxygen atoms in total. The van der Waals surface area contributed by atoms with Crippen LogP contribution in [0.2, 0.25) is 0 Å². The molecule has 6 heteroatoms. The normalized spacial score (nSPS) is 9.67. The minimum absolute atomic E-state index is 0.202. The number of anilines is 2. The van der Waals surface area contributed by atoms with Crippen LogP contribution in [-0.4, -0.2) is 24.0 Å². The Morgan fingerprint density at radius 3 is 3.13 bits per heavy atom. The van der Waals surface area contributed by atoms with Gasteiger partial charge < -0.3 is 15.8 Å². The van der Waals surface area contributed by atoms with Gasteiger partial charge in [0.2, 0.25) is 0 Å². The smallest absolute Gasteiger partial charge is 0.344 e. The Labute approximate surface area is 92.1 Å². The molecule has 0 radical (unpaired) electrons. The fourth-order valence-corrected chi connectivity index (χ4v) is 1.74. The molecule has 0 atom stereocenters. The summed E-state index contributed by atoms with van der Waals surface area (Å²) in [4.78, 5) is 11.4. The number of rotatable bonds is 5. The van der Waals surface area contributed by atoms with Gasteiger partial charge >= 0.3 is 5.97 Å². The first-order valence-electron chi connectivity index (χ1n) is 4.39. The lowest BCUT2D eigenvalue weighted by Gasteiger charge is -2.03. The van der Waals surface area contributed by atoms with Crippen molar-refractivity contribution >= 4 is 28.3 Å². The van der Waals surface area contributed by atoms with Crippen LogP contribution in [0.5, 0.6) is 0 Å². The second-order valence-corrected chi connectivity index (χ2v) is 3.54. The molecule has 0 aromatic carbocycles. The van der Waals surface area contributed by atoms with Gasteiger partial charge in [0.05, 0.1) is 7.11 Å². The monoisotopic (exact) mass is 227 g/mol. The maximum Gasteiger partial charge on any atom is 0.344 e. The number of nitrogens with zero attached hydrogens (tertiary/aromatic N) is 1. The van der Waals surface area contributed by atoms with Crippen molar-refractivity contribution in [2.24, 2.45) is 0 Å². The number of carbonyl (C=O) groups excluding carboxylic acids is 1. The lowest BCUT2D eigenvalue weighted by atomic mass is 10.3. The van der Waals surface area contributed by atoms with E-state index in [9.17, 15) is 4.79 Å². The molecule has 0 bridgehead atoms. The largest absolute Gasteiger partial charge is 0.465 e.